The van der Waals surface area contributed by atoms with Crippen molar-refractivity contribution in [1.29, 1.82) is 0 Å². The summed E-state index contributed by atoms with van der Waals surface area (Å²) in [6, 6.07) is 0.297. The molecule has 2 rings (SSSR count). The van der Waals surface area contributed by atoms with E-state index in [4.69, 9.17) is 11.6 Å². The molecule has 0 saturated heterocycles. The second-order valence-corrected chi connectivity index (χ2v) is 3.85. The van der Waals surface area contributed by atoms with Gasteiger partial charge in [0.05, 0.1) is 0 Å². The van der Waals surface area contributed by atoms with Crippen molar-refractivity contribution >= 4 is 17.5 Å². The van der Waals surface area contributed by atoms with Gasteiger partial charge in [-0.2, -0.15) is 0 Å². The molecule has 1 N–H and O–H groups in total. The van der Waals surface area contributed by atoms with Crippen LogP contribution in [0.4, 0.5) is 0 Å². The predicted molar refractivity (Wildman–Crippen MR) is 54.7 cm³/mol. The molecular formula is C9H10ClN3O2. The molecule has 0 bridgehead atoms. The van der Waals surface area contributed by atoms with Crippen molar-refractivity contribution in [3.8, 4) is 0 Å². The van der Waals surface area contributed by atoms with Gasteiger partial charge in [0.2, 0.25) is 5.91 Å². The third kappa shape index (κ3) is 2.56. The van der Waals surface area contributed by atoms with Gasteiger partial charge in [-0.1, -0.05) is 11.6 Å². The molecule has 5 nitrogen and oxygen atoms in total. The Morgan fingerprint density at radius 2 is 2.40 bits per heavy atom. The van der Waals surface area contributed by atoms with Gasteiger partial charge in [-0.25, -0.2) is 4.98 Å². The molecule has 1 aliphatic carbocycles. The number of amides is 1. The van der Waals surface area contributed by atoms with Crippen LogP contribution in [0.15, 0.2) is 17.2 Å². The van der Waals surface area contributed by atoms with E-state index in [1.54, 1.807) is 0 Å². The quantitative estimate of drug-likeness (QED) is 0.801. The zero-order chi connectivity index (χ0) is 10.8. The maximum absolute atomic E-state index is 11.4. The van der Waals surface area contributed by atoms with Crippen molar-refractivity contribution in [2.24, 2.45) is 0 Å². The molecule has 0 aliphatic heterocycles. The maximum Gasteiger partial charge on any atom is 0.288 e. The van der Waals surface area contributed by atoms with Crippen LogP contribution in [0.25, 0.3) is 0 Å². The highest BCUT2D eigenvalue weighted by atomic mass is 35.5. The summed E-state index contributed by atoms with van der Waals surface area (Å²) in [4.78, 5) is 26.4. The molecule has 15 heavy (non-hydrogen) atoms. The zero-order valence-corrected chi connectivity index (χ0v) is 8.70. The van der Waals surface area contributed by atoms with Gasteiger partial charge in [-0.15, -0.1) is 0 Å². The van der Waals surface area contributed by atoms with Crippen LogP contribution < -0.4 is 10.9 Å². The van der Waals surface area contributed by atoms with E-state index < -0.39 is 5.56 Å². The summed E-state index contributed by atoms with van der Waals surface area (Å²) < 4.78 is 1.24. The number of hydrogen-bond donors (Lipinski definition) is 1. The average Bonchev–Trinajstić information content (AvgIpc) is 2.97. The summed E-state index contributed by atoms with van der Waals surface area (Å²) in [6.45, 7) is -0.00241. The highest BCUT2D eigenvalue weighted by Crippen LogP contribution is 2.18. The molecule has 1 aromatic heterocycles. The lowest BCUT2D eigenvalue weighted by atomic mass is 10.5. The summed E-state index contributed by atoms with van der Waals surface area (Å²) in [5, 5.41) is 2.67. The number of rotatable bonds is 3. The monoisotopic (exact) mass is 227 g/mol. The number of carbonyl (C=O) groups excluding carboxylic acids is 1. The normalized spacial score (nSPS) is 15.0. The van der Waals surface area contributed by atoms with Crippen molar-refractivity contribution in [1.82, 2.24) is 14.9 Å². The third-order valence-corrected chi connectivity index (χ3v) is 2.39. The lowest BCUT2D eigenvalue weighted by Gasteiger charge is -2.05. The summed E-state index contributed by atoms with van der Waals surface area (Å²) in [6.07, 6.45) is 4.89. The van der Waals surface area contributed by atoms with Gasteiger partial charge in [0.15, 0.2) is 5.15 Å². The lowest BCUT2D eigenvalue weighted by Crippen LogP contribution is -2.33. The number of hydrogen-bond acceptors (Lipinski definition) is 3. The fourth-order valence-corrected chi connectivity index (χ4v) is 1.37. The SMILES string of the molecule is O=C(Cn1ccnc(Cl)c1=O)NC1CC1. The van der Waals surface area contributed by atoms with Crippen molar-refractivity contribution in [3.05, 3.63) is 27.9 Å². The van der Waals surface area contributed by atoms with Crippen LogP contribution in [0.1, 0.15) is 12.8 Å². The van der Waals surface area contributed by atoms with Crippen molar-refractivity contribution in [2.75, 3.05) is 0 Å². The number of halogens is 1. The van der Waals surface area contributed by atoms with E-state index in [9.17, 15) is 9.59 Å². The molecule has 0 radical (unpaired) electrons. The average molecular weight is 228 g/mol. The fourth-order valence-electron chi connectivity index (χ4n) is 1.20. The molecule has 0 aromatic carbocycles. The van der Waals surface area contributed by atoms with Gasteiger partial charge in [0.25, 0.3) is 5.56 Å². The van der Waals surface area contributed by atoms with Crippen LogP contribution in [0.5, 0.6) is 0 Å². The summed E-state index contributed by atoms with van der Waals surface area (Å²) in [7, 11) is 0. The standard InChI is InChI=1S/C9H10ClN3O2/c10-8-9(15)13(4-3-11-8)5-7(14)12-6-1-2-6/h3-4,6H,1-2,5H2,(H,12,14). The first kappa shape index (κ1) is 10.2. The van der Waals surface area contributed by atoms with E-state index in [1.807, 2.05) is 0 Å². The predicted octanol–water partition coefficient (Wildman–Crippen LogP) is 0.175. The van der Waals surface area contributed by atoms with Crippen LogP contribution in [0.2, 0.25) is 5.15 Å². The molecule has 0 atom stereocenters. The van der Waals surface area contributed by atoms with Crippen molar-refractivity contribution in [2.45, 2.75) is 25.4 Å². The first-order valence-corrected chi connectivity index (χ1v) is 5.05. The first-order chi connectivity index (χ1) is 7.16. The Morgan fingerprint density at radius 3 is 3.07 bits per heavy atom. The van der Waals surface area contributed by atoms with Crippen molar-refractivity contribution < 1.29 is 4.79 Å². The largest absolute Gasteiger partial charge is 0.352 e. The molecule has 1 heterocycles. The van der Waals surface area contributed by atoms with Crippen LogP contribution in [-0.4, -0.2) is 21.5 Å². The minimum atomic E-state index is -0.440. The molecular weight excluding hydrogens is 218 g/mol. The van der Waals surface area contributed by atoms with Crippen LogP contribution in [-0.2, 0) is 11.3 Å². The fraction of sp³-hybridized carbons (Fsp3) is 0.444. The Bertz CT molecular complexity index is 439. The van der Waals surface area contributed by atoms with Gasteiger partial charge in [0.1, 0.15) is 6.54 Å². The van der Waals surface area contributed by atoms with Gasteiger partial charge in [0, 0.05) is 18.4 Å². The summed E-state index contributed by atoms with van der Waals surface area (Å²) in [5.74, 6) is -0.165. The van der Waals surface area contributed by atoms with E-state index >= 15 is 0 Å². The van der Waals surface area contributed by atoms with E-state index in [0.29, 0.717) is 6.04 Å². The second-order valence-electron chi connectivity index (χ2n) is 3.49. The minimum Gasteiger partial charge on any atom is -0.352 e. The van der Waals surface area contributed by atoms with E-state index in [0.717, 1.165) is 12.8 Å². The molecule has 1 saturated carbocycles. The molecule has 0 spiro atoms. The van der Waals surface area contributed by atoms with E-state index in [-0.39, 0.29) is 17.6 Å². The van der Waals surface area contributed by atoms with E-state index in [2.05, 4.69) is 10.3 Å². The van der Waals surface area contributed by atoms with E-state index in [1.165, 1.54) is 17.0 Å². The molecule has 1 aliphatic rings. The van der Waals surface area contributed by atoms with Crippen molar-refractivity contribution in [3.63, 3.8) is 0 Å². The summed E-state index contributed by atoms with van der Waals surface area (Å²) in [5.41, 5.74) is -0.440. The molecule has 1 amide bonds. The Labute approximate surface area is 91.1 Å². The van der Waals surface area contributed by atoms with Gasteiger partial charge in [-0.3, -0.25) is 9.59 Å². The Hall–Kier alpha value is -1.36. The lowest BCUT2D eigenvalue weighted by molar-refractivity contribution is -0.121. The molecule has 1 fully saturated rings. The highest BCUT2D eigenvalue weighted by molar-refractivity contribution is 6.29. The van der Waals surface area contributed by atoms with Gasteiger partial charge < -0.3 is 9.88 Å². The smallest absolute Gasteiger partial charge is 0.288 e. The molecule has 1 aromatic rings. The number of nitrogens with zero attached hydrogens (tertiary/aromatic N) is 2. The number of carbonyl (C=O) groups is 1. The maximum atomic E-state index is 11.4. The van der Waals surface area contributed by atoms with Gasteiger partial charge in [-0.05, 0) is 12.8 Å². The Balaban J connectivity index is 2.06. The zero-order valence-electron chi connectivity index (χ0n) is 7.94. The second kappa shape index (κ2) is 4.02. The number of aromatic nitrogens is 2. The Morgan fingerprint density at radius 1 is 1.67 bits per heavy atom. The highest BCUT2D eigenvalue weighted by Gasteiger charge is 2.23. The minimum absolute atomic E-state index is 0.00241. The van der Waals surface area contributed by atoms with Crippen LogP contribution >= 0.6 is 11.6 Å². The van der Waals surface area contributed by atoms with Gasteiger partial charge >= 0.3 is 0 Å². The van der Waals surface area contributed by atoms with Crippen LogP contribution in [0, 0.1) is 0 Å². The molecule has 0 unspecified atom stereocenters. The molecule has 80 valence electrons. The topological polar surface area (TPSA) is 64.0 Å². The first-order valence-electron chi connectivity index (χ1n) is 4.67. The third-order valence-electron chi connectivity index (χ3n) is 2.13. The number of nitrogens with one attached hydrogen (secondary N) is 1. The van der Waals surface area contributed by atoms with Crippen LogP contribution in [0.3, 0.4) is 0 Å². The Kier molecular flexibility index (Phi) is 2.73. The summed E-state index contributed by atoms with van der Waals surface area (Å²) >= 11 is 5.54. The molecule has 6 heteroatoms.